The summed E-state index contributed by atoms with van der Waals surface area (Å²) in [4.78, 5) is 19.4. The topological polar surface area (TPSA) is 48.1 Å². The average Bonchev–Trinajstić information content (AvgIpc) is 2.86. The summed E-state index contributed by atoms with van der Waals surface area (Å²) < 4.78 is 42.9. The van der Waals surface area contributed by atoms with Crippen LogP contribution < -0.4 is 10.2 Å². The summed E-state index contributed by atoms with van der Waals surface area (Å²) in [5.41, 5.74) is 4.40. The standard InChI is InChI=1S/C26H32ClF3N4O2/c1-36-15-14-33-8-6-19-2-3-20(16-21(19)18-33)25(35)31-23-5-4-22(27)17-24(23)34-12-10-32(11-13-34)9-7-26(28,29)30/h2-5,16-17H,6-15,18H2,1H3,(H,31,35). The molecule has 0 unspecified atom stereocenters. The van der Waals surface area contributed by atoms with E-state index in [0.29, 0.717) is 49.1 Å². The van der Waals surface area contributed by atoms with Gasteiger partial charge in [-0.1, -0.05) is 17.7 Å². The van der Waals surface area contributed by atoms with Crippen LogP contribution in [0.5, 0.6) is 0 Å². The van der Waals surface area contributed by atoms with Crippen LogP contribution in [0, 0.1) is 0 Å². The third-order valence-electron chi connectivity index (χ3n) is 6.80. The number of carbonyl (C=O) groups is 1. The molecule has 10 heteroatoms. The van der Waals surface area contributed by atoms with Crippen molar-refractivity contribution in [3.63, 3.8) is 0 Å². The van der Waals surface area contributed by atoms with Gasteiger partial charge in [-0.15, -0.1) is 0 Å². The maximum atomic E-state index is 13.2. The van der Waals surface area contributed by atoms with E-state index in [-0.39, 0.29) is 12.5 Å². The number of carbonyl (C=O) groups excluding carboxylic acids is 1. The second-order valence-electron chi connectivity index (χ2n) is 9.31. The van der Waals surface area contributed by atoms with E-state index in [1.165, 1.54) is 5.56 Å². The number of anilines is 2. The van der Waals surface area contributed by atoms with E-state index in [1.807, 2.05) is 23.1 Å². The number of hydrogen-bond acceptors (Lipinski definition) is 5. The predicted molar refractivity (Wildman–Crippen MR) is 136 cm³/mol. The van der Waals surface area contributed by atoms with Crippen LogP contribution in [0.4, 0.5) is 24.5 Å². The molecule has 1 fully saturated rings. The number of piperazine rings is 1. The molecule has 1 saturated heterocycles. The number of rotatable bonds is 8. The van der Waals surface area contributed by atoms with Crippen LogP contribution in [0.1, 0.15) is 27.9 Å². The van der Waals surface area contributed by atoms with Crippen LogP contribution in [0.2, 0.25) is 5.02 Å². The molecule has 1 amide bonds. The zero-order chi connectivity index (χ0) is 25.7. The van der Waals surface area contributed by atoms with Gasteiger partial charge in [0.1, 0.15) is 0 Å². The Morgan fingerprint density at radius 2 is 1.78 bits per heavy atom. The van der Waals surface area contributed by atoms with Crippen molar-refractivity contribution in [1.82, 2.24) is 9.80 Å². The van der Waals surface area contributed by atoms with Crippen LogP contribution in [-0.4, -0.2) is 81.4 Å². The van der Waals surface area contributed by atoms with Crippen molar-refractivity contribution in [2.75, 3.05) is 69.7 Å². The molecule has 0 bridgehead atoms. The summed E-state index contributed by atoms with van der Waals surface area (Å²) in [5.74, 6) is -0.209. The molecule has 196 valence electrons. The smallest absolute Gasteiger partial charge is 0.383 e. The summed E-state index contributed by atoms with van der Waals surface area (Å²) in [6.07, 6.45) is -4.02. The van der Waals surface area contributed by atoms with E-state index >= 15 is 0 Å². The van der Waals surface area contributed by atoms with Gasteiger partial charge in [-0.3, -0.25) is 14.6 Å². The van der Waals surface area contributed by atoms with Gasteiger partial charge in [0.15, 0.2) is 0 Å². The van der Waals surface area contributed by atoms with Gasteiger partial charge in [0.2, 0.25) is 0 Å². The van der Waals surface area contributed by atoms with E-state index < -0.39 is 12.6 Å². The molecule has 0 saturated carbocycles. The Kier molecular flexibility index (Phi) is 8.77. The summed E-state index contributed by atoms with van der Waals surface area (Å²) in [7, 11) is 1.69. The Bertz CT molecular complexity index is 1060. The number of halogens is 4. The molecule has 0 spiro atoms. The van der Waals surface area contributed by atoms with Crippen molar-refractivity contribution in [3.05, 3.63) is 58.1 Å². The number of nitrogens with zero attached hydrogens (tertiary/aromatic N) is 3. The lowest BCUT2D eigenvalue weighted by Gasteiger charge is -2.37. The fraction of sp³-hybridized carbons (Fsp3) is 0.500. The lowest BCUT2D eigenvalue weighted by atomic mass is 9.97. The SMILES string of the molecule is COCCN1CCc2ccc(C(=O)Nc3ccc(Cl)cc3N3CCN(CCC(F)(F)F)CC3)cc2C1. The highest BCUT2D eigenvalue weighted by Crippen LogP contribution is 2.31. The minimum atomic E-state index is -4.15. The highest BCUT2D eigenvalue weighted by Gasteiger charge is 2.29. The van der Waals surface area contributed by atoms with E-state index in [1.54, 1.807) is 25.3 Å². The predicted octanol–water partition coefficient (Wildman–Crippen LogP) is 4.67. The lowest BCUT2D eigenvalue weighted by molar-refractivity contribution is -0.138. The lowest BCUT2D eigenvalue weighted by Crippen LogP contribution is -2.47. The van der Waals surface area contributed by atoms with Gasteiger partial charge in [-0.25, -0.2) is 0 Å². The molecule has 2 aliphatic heterocycles. The number of ether oxygens (including phenoxy) is 1. The summed E-state index contributed by atoms with van der Waals surface area (Å²) >= 11 is 6.26. The highest BCUT2D eigenvalue weighted by molar-refractivity contribution is 6.31. The van der Waals surface area contributed by atoms with Gasteiger partial charge >= 0.3 is 6.18 Å². The number of amides is 1. The second kappa shape index (κ2) is 11.8. The maximum absolute atomic E-state index is 13.2. The molecule has 6 nitrogen and oxygen atoms in total. The Morgan fingerprint density at radius 3 is 2.50 bits per heavy atom. The van der Waals surface area contributed by atoms with Gasteiger partial charge < -0.3 is 15.0 Å². The molecule has 2 aliphatic rings. The minimum Gasteiger partial charge on any atom is -0.383 e. The number of hydrogen-bond donors (Lipinski definition) is 1. The summed E-state index contributed by atoms with van der Waals surface area (Å²) in [5, 5.41) is 3.56. The van der Waals surface area contributed by atoms with Crippen molar-refractivity contribution in [1.29, 1.82) is 0 Å². The van der Waals surface area contributed by atoms with Gasteiger partial charge in [-0.2, -0.15) is 13.2 Å². The molecule has 2 heterocycles. The molecule has 0 radical (unpaired) electrons. The second-order valence-corrected chi connectivity index (χ2v) is 9.75. The molecule has 36 heavy (non-hydrogen) atoms. The zero-order valence-corrected chi connectivity index (χ0v) is 21.2. The normalized spacial score (nSPS) is 17.2. The third kappa shape index (κ3) is 7.12. The number of fused-ring (bicyclic) bond motifs is 1. The fourth-order valence-corrected chi connectivity index (χ4v) is 4.90. The van der Waals surface area contributed by atoms with Crippen molar-refractivity contribution in [3.8, 4) is 0 Å². The van der Waals surface area contributed by atoms with Crippen molar-refractivity contribution in [2.45, 2.75) is 25.6 Å². The summed E-state index contributed by atoms with van der Waals surface area (Å²) in [6.45, 7) is 5.41. The van der Waals surface area contributed by atoms with E-state index in [9.17, 15) is 18.0 Å². The largest absolute Gasteiger partial charge is 0.390 e. The first-order valence-electron chi connectivity index (χ1n) is 12.2. The van der Waals surface area contributed by atoms with Gasteiger partial charge in [0, 0.05) is 70.1 Å². The monoisotopic (exact) mass is 524 g/mol. The highest BCUT2D eigenvalue weighted by atomic mass is 35.5. The quantitative estimate of drug-likeness (QED) is 0.544. The van der Waals surface area contributed by atoms with E-state index in [0.717, 1.165) is 37.3 Å². The van der Waals surface area contributed by atoms with Crippen LogP contribution in [0.25, 0.3) is 0 Å². The van der Waals surface area contributed by atoms with Crippen LogP contribution in [0.15, 0.2) is 36.4 Å². The zero-order valence-electron chi connectivity index (χ0n) is 20.4. The molecule has 0 atom stereocenters. The van der Waals surface area contributed by atoms with Crippen LogP contribution in [0.3, 0.4) is 0 Å². The van der Waals surface area contributed by atoms with Crippen LogP contribution in [-0.2, 0) is 17.7 Å². The number of methoxy groups -OCH3 is 1. The molecule has 0 aromatic heterocycles. The Morgan fingerprint density at radius 1 is 1.00 bits per heavy atom. The van der Waals surface area contributed by atoms with Crippen molar-refractivity contribution >= 4 is 28.9 Å². The van der Waals surface area contributed by atoms with E-state index in [2.05, 4.69) is 15.1 Å². The average molecular weight is 525 g/mol. The Labute approximate surface area is 214 Å². The first kappa shape index (κ1) is 26.7. The molecular formula is C26H32ClF3N4O2. The first-order chi connectivity index (χ1) is 17.2. The Hall–Kier alpha value is -2.33. The number of alkyl halides is 3. The molecule has 0 aliphatic carbocycles. The fourth-order valence-electron chi connectivity index (χ4n) is 4.73. The molecular weight excluding hydrogens is 493 g/mol. The number of benzene rings is 2. The Balaban J connectivity index is 1.42. The first-order valence-corrected chi connectivity index (χ1v) is 12.6. The van der Waals surface area contributed by atoms with Gasteiger partial charge in [-0.05, 0) is 47.9 Å². The molecule has 2 aromatic carbocycles. The minimum absolute atomic E-state index is 0.00228. The molecule has 4 rings (SSSR count). The van der Waals surface area contributed by atoms with Crippen molar-refractivity contribution in [2.24, 2.45) is 0 Å². The third-order valence-corrected chi connectivity index (χ3v) is 7.04. The van der Waals surface area contributed by atoms with Gasteiger partial charge in [0.05, 0.1) is 24.4 Å². The summed E-state index contributed by atoms with van der Waals surface area (Å²) in [6, 6.07) is 11.1. The van der Waals surface area contributed by atoms with Gasteiger partial charge in [0.25, 0.3) is 5.91 Å². The number of nitrogens with one attached hydrogen (secondary N) is 1. The van der Waals surface area contributed by atoms with Crippen molar-refractivity contribution < 1.29 is 22.7 Å². The molecule has 1 N–H and O–H groups in total. The van der Waals surface area contributed by atoms with E-state index in [4.69, 9.17) is 16.3 Å². The maximum Gasteiger partial charge on any atom is 0.390 e. The van der Waals surface area contributed by atoms with Crippen LogP contribution >= 0.6 is 11.6 Å². The molecule has 2 aromatic rings.